The normalized spacial score (nSPS) is 10.7. The molecule has 0 aliphatic rings. The number of rotatable bonds is 4. The van der Waals surface area contributed by atoms with Crippen LogP contribution in [-0.4, -0.2) is 22.2 Å². The van der Waals surface area contributed by atoms with E-state index in [1.54, 1.807) is 14.0 Å². The molecule has 0 saturated heterocycles. The summed E-state index contributed by atoms with van der Waals surface area (Å²) in [5.74, 6) is -1.73. The molecular weight excluding hydrogens is 300 g/mol. The summed E-state index contributed by atoms with van der Waals surface area (Å²) >= 11 is 5.99. The molecule has 0 saturated carbocycles. The topological polar surface area (TPSA) is 46.9 Å². The number of carbonyl (C=O) groups excluding carboxylic acids is 1. The van der Waals surface area contributed by atoms with Crippen LogP contribution in [0.1, 0.15) is 21.7 Å². The van der Waals surface area contributed by atoms with E-state index in [9.17, 15) is 13.6 Å². The van der Waals surface area contributed by atoms with Gasteiger partial charge < -0.3 is 5.32 Å². The lowest BCUT2D eigenvalue weighted by atomic mass is 10.1. The van der Waals surface area contributed by atoms with E-state index in [4.69, 9.17) is 11.6 Å². The molecule has 1 N–H and O–H groups in total. The number of aryl methyl sites for hydroxylation is 1. The second-order valence-electron chi connectivity index (χ2n) is 4.58. The van der Waals surface area contributed by atoms with E-state index in [-0.39, 0.29) is 29.2 Å². The van der Waals surface area contributed by atoms with Gasteiger partial charge in [-0.25, -0.2) is 8.78 Å². The van der Waals surface area contributed by atoms with Crippen LogP contribution < -0.4 is 5.32 Å². The lowest BCUT2D eigenvalue weighted by molar-refractivity contribution is 0.0948. The van der Waals surface area contributed by atoms with Gasteiger partial charge in [0.1, 0.15) is 11.6 Å². The third-order valence-corrected chi connectivity index (χ3v) is 3.65. The van der Waals surface area contributed by atoms with Gasteiger partial charge in [-0.2, -0.15) is 5.10 Å². The highest BCUT2D eigenvalue weighted by Gasteiger charge is 2.18. The average Bonchev–Trinajstić information content (AvgIpc) is 2.70. The predicted molar refractivity (Wildman–Crippen MR) is 75.4 cm³/mol. The van der Waals surface area contributed by atoms with E-state index in [0.717, 1.165) is 0 Å². The number of hydrogen-bond acceptors (Lipinski definition) is 2. The van der Waals surface area contributed by atoms with Gasteiger partial charge in [-0.05, 0) is 25.5 Å². The van der Waals surface area contributed by atoms with Crippen molar-refractivity contribution in [2.24, 2.45) is 7.05 Å². The number of amides is 1. The van der Waals surface area contributed by atoms with Crippen LogP contribution in [0, 0.1) is 18.6 Å². The molecule has 0 aliphatic carbocycles. The first-order valence-electron chi connectivity index (χ1n) is 6.32. The van der Waals surface area contributed by atoms with Crippen LogP contribution in [-0.2, 0) is 13.5 Å². The van der Waals surface area contributed by atoms with Gasteiger partial charge >= 0.3 is 0 Å². The summed E-state index contributed by atoms with van der Waals surface area (Å²) in [5.41, 5.74) is 0.716. The van der Waals surface area contributed by atoms with Crippen molar-refractivity contribution in [3.8, 4) is 0 Å². The largest absolute Gasteiger partial charge is 0.350 e. The molecule has 21 heavy (non-hydrogen) atoms. The van der Waals surface area contributed by atoms with Gasteiger partial charge in [0.2, 0.25) is 0 Å². The molecule has 112 valence electrons. The van der Waals surface area contributed by atoms with Gasteiger partial charge in [0.15, 0.2) is 5.69 Å². The van der Waals surface area contributed by atoms with Crippen LogP contribution in [0.2, 0.25) is 5.02 Å². The molecule has 4 nitrogen and oxygen atoms in total. The Morgan fingerprint density at radius 2 is 2.00 bits per heavy atom. The first-order chi connectivity index (χ1) is 9.91. The fourth-order valence-electron chi connectivity index (χ4n) is 1.88. The molecule has 1 aromatic heterocycles. The van der Waals surface area contributed by atoms with Crippen molar-refractivity contribution in [2.45, 2.75) is 13.3 Å². The second-order valence-corrected chi connectivity index (χ2v) is 4.96. The molecule has 0 spiro atoms. The average molecular weight is 314 g/mol. The van der Waals surface area contributed by atoms with Gasteiger partial charge in [0.25, 0.3) is 5.91 Å². The third-order valence-electron chi connectivity index (χ3n) is 3.20. The van der Waals surface area contributed by atoms with Crippen molar-refractivity contribution >= 4 is 17.5 Å². The van der Waals surface area contributed by atoms with Crippen molar-refractivity contribution in [1.29, 1.82) is 0 Å². The Hall–Kier alpha value is -1.95. The van der Waals surface area contributed by atoms with E-state index in [2.05, 4.69) is 10.4 Å². The standard InChI is InChI=1S/C14H14ClF2N3O/c1-8-12(15)13(19-20(8)2)14(21)18-7-6-9-10(16)4-3-5-11(9)17/h3-5H,6-7H2,1-2H3,(H,18,21). The minimum Gasteiger partial charge on any atom is -0.350 e. The van der Waals surface area contributed by atoms with E-state index < -0.39 is 17.5 Å². The highest BCUT2D eigenvalue weighted by atomic mass is 35.5. The molecule has 7 heteroatoms. The molecule has 1 aromatic carbocycles. The number of nitrogens with one attached hydrogen (secondary N) is 1. The molecule has 0 atom stereocenters. The van der Waals surface area contributed by atoms with Crippen LogP contribution in [0.25, 0.3) is 0 Å². The molecule has 0 aliphatic heterocycles. The number of aromatic nitrogens is 2. The Bertz CT molecular complexity index is 665. The molecular formula is C14H14ClF2N3O. The fraction of sp³-hybridized carbons (Fsp3) is 0.286. The molecule has 2 aromatic rings. The van der Waals surface area contributed by atoms with Crippen LogP contribution >= 0.6 is 11.6 Å². The predicted octanol–water partition coefficient (Wildman–Crippen LogP) is 2.63. The summed E-state index contributed by atoms with van der Waals surface area (Å²) < 4.78 is 28.4. The number of benzene rings is 1. The van der Waals surface area contributed by atoms with Crippen LogP contribution in [0.5, 0.6) is 0 Å². The highest BCUT2D eigenvalue weighted by Crippen LogP contribution is 2.19. The molecule has 2 rings (SSSR count). The van der Waals surface area contributed by atoms with Crippen LogP contribution in [0.4, 0.5) is 8.78 Å². The van der Waals surface area contributed by atoms with Crippen molar-refractivity contribution in [2.75, 3.05) is 6.54 Å². The summed E-state index contributed by atoms with van der Waals surface area (Å²) in [6, 6.07) is 3.65. The maximum Gasteiger partial charge on any atom is 0.273 e. The zero-order valence-electron chi connectivity index (χ0n) is 11.6. The minimum absolute atomic E-state index is 0.0493. The van der Waals surface area contributed by atoms with Gasteiger partial charge in [0.05, 0.1) is 10.7 Å². The lowest BCUT2D eigenvalue weighted by Crippen LogP contribution is -2.27. The number of carbonyl (C=O) groups is 1. The smallest absolute Gasteiger partial charge is 0.273 e. The molecule has 0 bridgehead atoms. The summed E-state index contributed by atoms with van der Waals surface area (Å²) in [6.07, 6.45) is 0.0493. The Labute approximate surface area is 125 Å². The third kappa shape index (κ3) is 3.21. The first-order valence-corrected chi connectivity index (χ1v) is 6.69. The summed E-state index contributed by atoms with van der Waals surface area (Å²) in [6.45, 7) is 1.82. The minimum atomic E-state index is -0.629. The maximum atomic E-state index is 13.4. The molecule has 0 unspecified atom stereocenters. The van der Waals surface area contributed by atoms with Crippen LogP contribution in [0.15, 0.2) is 18.2 Å². The molecule has 0 fully saturated rings. The lowest BCUT2D eigenvalue weighted by Gasteiger charge is -2.06. The van der Waals surface area contributed by atoms with Gasteiger partial charge in [-0.3, -0.25) is 9.48 Å². The number of halogens is 3. The zero-order valence-corrected chi connectivity index (χ0v) is 12.3. The number of hydrogen-bond donors (Lipinski definition) is 1. The van der Waals surface area contributed by atoms with Crippen molar-refractivity contribution in [3.05, 3.63) is 51.8 Å². The van der Waals surface area contributed by atoms with Gasteiger partial charge in [0, 0.05) is 19.2 Å². The van der Waals surface area contributed by atoms with E-state index in [0.29, 0.717) is 5.69 Å². The quantitative estimate of drug-likeness (QED) is 0.943. The summed E-state index contributed by atoms with van der Waals surface area (Å²) in [5, 5.41) is 6.82. The Morgan fingerprint density at radius 1 is 1.38 bits per heavy atom. The first kappa shape index (κ1) is 15.4. The Balaban J connectivity index is 2.00. The van der Waals surface area contributed by atoms with Crippen LogP contribution in [0.3, 0.4) is 0 Å². The zero-order chi connectivity index (χ0) is 15.6. The Morgan fingerprint density at radius 3 is 2.52 bits per heavy atom. The molecule has 0 radical (unpaired) electrons. The maximum absolute atomic E-state index is 13.4. The van der Waals surface area contributed by atoms with Gasteiger partial charge in [-0.1, -0.05) is 17.7 Å². The fourth-order valence-corrected chi connectivity index (χ4v) is 2.13. The van der Waals surface area contributed by atoms with Gasteiger partial charge in [-0.15, -0.1) is 0 Å². The SMILES string of the molecule is Cc1c(Cl)c(C(=O)NCCc2c(F)cccc2F)nn1C. The van der Waals surface area contributed by atoms with E-state index in [1.165, 1.54) is 22.9 Å². The van der Waals surface area contributed by atoms with E-state index in [1.807, 2.05) is 0 Å². The summed E-state index contributed by atoms with van der Waals surface area (Å²) in [7, 11) is 1.67. The Kier molecular flexibility index (Phi) is 4.57. The van der Waals surface area contributed by atoms with Crippen molar-refractivity contribution in [1.82, 2.24) is 15.1 Å². The van der Waals surface area contributed by atoms with Crippen molar-refractivity contribution in [3.63, 3.8) is 0 Å². The monoisotopic (exact) mass is 313 g/mol. The number of nitrogens with zero attached hydrogens (tertiary/aromatic N) is 2. The van der Waals surface area contributed by atoms with Crippen molar-refractivity contribution < 1.29 is 13.6 Å². The van der Waals surface area contributed by atoms with E-state index >= 15 is 0 Å². The highest BCUT2D eigenvalue weighted by molar-refractivity contribution is 6.34. The second kappa shape index (κ2) is 6.22. The molecule has 1 heterocycles. The molecule has 1 amide bonds. The summed E-state index contributed by atoms with van der Waals surface area (Å²) in [4.78, 5) is 11.9.